The molecular formula is C12H13BrO2S. The summed E-state index contributed by atoms with van der Waals surface area (Å²) in [6, 6.07) is 7.91. The van der Waals surface area contributed by atoms with Gasteiger partial charge in [0.1, 0.15) is 4.75 Å². The van der Waals surface area contributed by atoms with Crippen molar-refractivity contribution in [1.82, 2.24) is 0 Å². The number of rotatable bonds is 3. The Balaban J connectivity index is 2.18. The van der Waals surface area contributed by atoms with Crippen molar-refractivity contribution in [1.29, 1.82) is 0 Å². The Labute approximate surface area is 108 Å². The molecule has 16 heavy (non-hydrogen) atoms. The molecule has 1 atom stereocenters. The van der Waals surface area contributed by atoms with E-state index in [-0.39, 0.29) is 0 Å². The van der Waals surface area contributed by atoms with E-state index in [0.29, 0.717) is 6.42 Å². The number of benzene rings is 1. The Morgan fingerprint density at radius 2 is 2.12 bits per heavy atom. The zero-order valence-electron chi connectivity index (χ0n) is 8.78. The molecule has 1 aromatic rings. The van der Waals surface area contributed by atoms with Crippen LogP contribution in [0.15, 0.2) is 28.7 Å². The molecule has 86 valence electrons. The second-order valence-corrected chi connectivity index (χ2v) is 6.45. The van der Waals surface area contributed by atoms with Gasteiger partial charge >= 0.3 is 5.97 Å². The Kier molecular flexibility index (Phi) is 3.60. The first-order valence-electron chi connectivity index (χ1n) is 5.24. The fourth-order valence-corrected chi connectivity index (χ4v) is 3.64. The monoisotopic (exact) mass is 300 g/mol. The van der Waals surface area contributed by atoms with Crippen LogP contribution >= 0.6 is 27.7 Å². The van der Waals surface area contributed by atoms with E-state index in [1.165, 1.54) is 0 Å². The van der Waals surface area contributed by atoms with Gasteiger partial charge in [0.2, 0.25) is 0 Å². The van der Waals surface area contributed by atoms with Gasteiger partial charge in [0.05, 0.1) is 0 Å². The zero-order chi connectivity index (χ0) is 11.6. The van der Waals surface area contributed by atoms with Crippen LogP contribution in [0.4, 0.5) is 0 Å². The van der Waals surface area contributed by atoms with Gasteiger partial charge in [-0.3, -0.25) is 4.79 Å². The van der Waals surface area contributed by atoms with E-state index in [9.17, 15) is 9.90 Å². The molecule has 0 spiro atoms. The van der Waals surface area contributed by atoms with Gasteiger partial charge in [0.15, 0.2) is 0 Å². The lowest BCUT2D eigenvalue weighted by molar-refractivity contribution is -0.139. The minimum atomic E-state index is -0.669. The van der Waals surface area contributed by atoms with Crippen molar-refractivity contribution in [3.63, 3.8) is 0 Å². The lowest BCUT2D eigenvalue weighted by Crippen LogP contribution is -2.34. The Hall–Kier alpha value is -0.480. The van der Waals surface area contributed by atoms with E-state index in [0.717, 1.165) is 28.6 Å². The van der Waals surface area contributed by atoms with E-state index < -0.39 is 10.7 Å². The summed E-state index contributed by atoms with van der Waals surface area (Å²) in [7, 11) is 0. The second kappa shape index (κ2) is 4.80. The predicted molar refractivity (Wildman–Crippen MR) is 69.9 cm³/mol. The van der Waals surface area contributed by atoms with Crippen LogP contribution in [0, 0.1) is 0 Å². The maximum absolute atomic E-state index is 11.4. The lowest BCUT2D eigenvalue weighted by atomic mass is 9.94. The van der Waals surface area contributed by atoms with Crippen molar-refractivity contribution >= 4 is 33.7 Å². The molecule has 0 aliphatic carbocycles. The van der Waals surface area contributed by atoms with Crippen molar-refractivity contribution in [2.24, 2.45) is 0 Å². The highest BCUT2D eigenvalue weighted by Gasteiger charge is 2.42. The number of carboxylic acid groups (broad SMARTS) is 1. The standard InChI is InChI=1S/C12H13BrO2S/c13-10-4-2-9(3-5-10)8-12(11(14)15)6-1-7-16-12/h2-5H,1,6-8H2,(H,14,15). The molecule has 0 amide bonds. The summed E-state index contributed by atoms with van der Waals surface area (Å²) in [4.78, 5) is 11.4. The van der Waals surface area contributed by atoms with E-state index in [2.05, 4.69) is 15.9 Å². The first-order chi connectivity index (χ1) is 7.62. The van der Waals surface area contributed by atoms with Crippen LogP contribution in [-0.4, -0.2) is 21.6 Å². The summed E-state index contributed by atoms with van der Waals surface area (Å²) < 4.78 is 0.438. The number of carbonyl (C=O) groups is 1. The average molecular weight is 301 g/mol. The number of thioether (sulfide) groups is 1. The molecule has 0 radical (unpaired) electrons. The van der Waals surface area contributed by atoms with Crippen LogP contribution in [0.1, 0.15) is 18.4 Å². The Bertz CT molecular complexity index is 383. The summed E-state index contributed by atoms with van der Waals surface area (Å²) in [6.45, 7) is 0. The SMILES string of the molecule is O=C(O)C1(Cc2ccc(Br)cc2)CCCS1. The van der Waals surface area contributed by atoms with E-state index in [4.69, 9.17) is 0 Å². The number of halogens is 1. The van der Waals surface area contributed by atoms with Crippen molar-refractivity contribution in [2.45, 2.75) is 24.0 Å². The number of hydrogen-bond acceptors (Lipinski definition) is 2. The van der Waals surface area contributed by atoms with Crippen LogP contribution in [0.2, 0.25) is 0 Å². The summed E-state index contributed by atoms with van der Waals surface area (Å²) in [5.41, 5.74) is 1.10. The second-order valence-electron chi connectivity index (χ2n) is 4.05. The van der Waals surface area contributed by atoms with Gasteiger partial charge in [0, 0.05) is 4.47 Å². The molecule has 1 aliphatic rings. The van der Waals surface area contributed by atoms with Crippen LogP contribution in [0.3, 0.4) is 0 Å². The molecule has 4 heteroatoms. The third-order valence-electron chi connectivity index (χ3n) is 2.90. The summed E-state index contributed by atoms with van der Waals surface area (Å²) in [6.07, 6.45) is 2.41. The van der Waals surface area contributed by atoms with Crippen molar-refractivity contribution in [2.75, 3.05) is 5.75 Å². The lowest BCUT2D eigenvalue weighted by Gasteiger charge is -2.22. The Morgan fingerprint density at radius 3 is 2.62 bits per heavy atom. The fourth-order valence-electron chi connectivity index (χ4n) is 2.01. The largest absolute Gasteiger partial charge is 0.480 e. The smallest absolute Gasteiger partial charge is 0.320 e. The molecule has 1 aromatic carbocycles. The molecule has 1 aliphatic heterocycles. The molecule has 0 saturated carbocycles. The molecule has 2 rings (SSSR count). The molecule has 2 nitrogen and oxygen atoms in total. The first-order valence-corrected chi connectivity index (χ1v) is 7.02. The van der Waals surface area contributed by atoms with Crippen LogP contribution in [-0.2, 0) is 11.2 Å². The predicted octanol–water partition coefficient (Wildman–Crippen LogP) is 3.34. The van der Waals surface area contributed by atoms with Crippen LogP contribution < -0.4 is 0 Å². The van der Waals surface area contributed by atoms with Crippen molar-refractivity contribution in [3.05, 3.63) is 34.3 Å². The van der Waals surface area contributed by atoms with Crippen molar-refractivity contribution in [3.8, 4) is 0 Å². The zero-order valence-corrected chi connectivity index (χ0v) is 11.2. The summed E-state index contributed by atoms with van der Waals surface area (Å²) >= 11 is 4.96. The molecule has 1 fully saturated rings. The van der Waals surface area contributed by atoms with Gasteiger partial charge < -0.3 is 5.11 Å². The third-order valence-corrected chi connectivity index (χ3v) is 4.99. The quantitative estimate of drug-likeness (QED) is 0.930. The normalized spacial score (nSPS) is 24.6. The van der Waals surface area contributed by atoms with E-state index in [1.54, 1.807) is 11.8 Å². The highest BCUT2D eigenvalue weighted by molar-refractivity contribution is 9.10. The van der Waals surface area contributed by atoms with E-state index >= 15 is 0 Å². The topological polar surface area (TPSA) is 37.3 Å². The molecule has 1 saturated heterocycles. The average Bonchev–Trinajstić information content (AvgIpc) is 2.71. The van der Waals surface area contributed by atoms with Crippen molar-refractivity contribution < 1.29 is 9.90 Å². The minimum Gasteiger partial charge on any atom is -0.480 e. The molecule has 1 unspecified atom stereocenters. The van der Waals surface area contributed by atoms with Gasteiger partial charge in [0.25, 0.3) is 0 Å². The van der Waals surface area contributed by atoms with Crippen LogP contribution in [0.5, 0.6) is 0 Å². The summed E-state index contributed by atoms with van der Waals surface area (Å²) in [5.74, 6) is 0.293. The molecule has 1 heterocycles. The fraction of sp³-hybridized carbons (Fsp3) is 0.417. The number of carboxylic acids is 1. The van der Waals surface area contributed by atoms with Gasteiger partial charge in [-0.05, 0) is 42.7 Å². The number of hydrogen-bond donors (Lipinski definition) is 1. The van der Waals surface area contributed by atoms with Crippen LogP contribution in [0.25, 0.3) is 0 Å². The number of aliphatic carboxylic acids is 1. The maximum atomic E-state index is 11.4. The van der Waals surface area contributed by atoms with E-state index in [1.807, 2.05) is 24.3 Å². The third kappa shape index (κ3) is 2.43. The molecule has 0 bridgehead atoms. The maximum Gasteiger partial charge on any atom is 0.320 e. The Morgan fingerprint density at radius 1 is 1.44 bits per heavy atom. The highest BCUT2D eigenvalue weighted by Crippen LogP contribution is 2.41. The summed E-state index contributed by atoms with van der Waals surface area (Å²) in [5, 5.41) is 9.35. The highest BCUT2D eigenvalue weighted by atomic mass is 79.9. The first kappa shape index (κ1) is 12.0. The van der Waals surface area contributed by atoms with Gasteiger partial charge in [-0.25, -0.2) is 0 Å². The molecule has 0 aromatic heterocycles. The van der Waals surface area contributed by atoms with Gasteiger partial charge in [-0.1, -0.05) is 28.1 Å². The molecule has 1 N–H and O–H groups in total. The van der Waals surface area contributed by atoms with Gasteiger partial charge in [-0.2, -0.15) is 0 Å². The molecular weight excluding hydrogens is 288 g/mol. The minimum absolute atomic E-state index is 0.589. The van der Waals surface area contributed by atoms with Gasteiger partial charge in [-0.15, -0.1) is 11.8 Å².